The van der Waals surface area contributed by atoms with E-state index in [9.17, 15) is 0 Å². The summed E-state index contributed by atoms with van der Waals surface area (Å²) in [7, 11) is 0. The van der Waals surface area contributed by atoms with Crippen LogP contribution in [0.3, 0.4) is 0 Å². The van der Waals surface area contributed by atoms with E-state index in [0.29, 0.717) is 0 Å². The molecule has 0 nitrogen and oxygen atoms in total. The van der Waals surface area contributed by atoms with Crippen LogP contribution in [-0.2, 0) is 19.2 Å². The first-order valence-electron chi connectivity index (χ1n) is 1.88. The van der Waals surface area contributed by atoms with Crippen LogP contribution in [-0.4, -0.2) is 0 Å². The van der Waals surface area contributed by atoms with E-state index in [1.54, 1.807) is 0 Å². The fourth-order valence-corrected chi connectivity index (χ4v) is 0.741. The van der Waals surface area contributed by atoms with Crippen LogP contribution >= 0.6 is 24.8 Å². The van der Waals surface area contributed by atoms with Crippen LogP contribution in [0, 0.1) is 0 Å². The molecule has 0 bridgehead atoms. The third-order valence-electron chi connectivity index (χ3n) is 0.703. The molecular weight excluding hydrogens is 237 g/mol. The fourth-order valence-electron chi connectivity index (χ4n) is 0.408. The average Bonchev–Trinajstić information content (AvgIpc) is 1.86. The average molecular weight is 244 g/mol. The second-order valence-electron chi connectivity index (χ2n) is 1.21. The van der Waals surface area contributed by atoms with Gasteiger partial charge in [-0.15, -0.1) is 24.8 Å². The van der Waals surface area contributed by atoms with Crippen molar-refractivity contribution in [3.63, 3.8) is 0 Å². The molecule has 0 spiro atoms. The molecule has 51 valence electrons. The van der Waals surface area contributed by atoms with Gasteiger partial charge in [0.15, 0.2) is 0 Å². The quantitative estimate of drug-likeness (QED) is 0.573. The molecule has 0 radical (unpaired) electrons. The van der Waals surface area contributed by atoms with E-state index in [1.807, 2.05) is 0 Å². The molecule has 1 aliphatic rings. The van der Waals surface area contributed by atoms with Crippen molar-refractivity contribution >= 4 is 24.8 Å². The van der Waals surface area contributed by atoms with Gasteiger partial charge in [0.2, 0.25) is 0 Å². The summed E-state index contributed by atoms with van der Waals surface area (Å²) in [5.74, 6) is 0. The van der Waals surface area contributed by atoms with Crippen LogP contribution in [0.15, 0.2) is 22.3 Å². The Morgan fingerprint density at radius 3 is 2.12 bits per heavy atom. The number of rotatable bonds is 0. The van der Waals surface area contributed by atoms with Gasteiger partial charge in [-0.25, -0.2) is 0 Å². The Kier molecular flexibility index (Phi) is 8.42. The van der Waals surface area contributed by atoms with E-state index >= 15 is 0 Å². The van der Waals surface area contributed by atoms with Gasteiger partial charge in [-0.1, -0.05) is 0 Å². The summed E-state index contributed by atoms with van der Waals surface area (Å²) in [6, 6.07) is 0. The molecule has 0 aromatic carbocycles. The molecule has 0 saturated carbocycles. The Morgan fingerprint density at radius 1 is 1.38 bits per heavy atom. The molecule has 1 aliphatic carbocycles. The van der Waals surface area contributed by atoms with Gasteiger partial charge in [0, 0.05) is 0 Å². The van der Waals surface area contributed by atoms with E-state index in [2.05, 4.69) is 37.4 Å². The Hall–Kier alpha value is 0.722. The van der Waals surface area contributed by atoms with Gasteiger partial charge in [-0.2, -0.15) is 0 Å². The van der Waals surface area contributed by atoms with Crippen molar-refractivity contribution in [3.8, 4) is 0 Å². The topological polar surface area (TPSA) is 0 Å². The molecule has 0 atom stereocenters. The predicted molar refractivity (Wildman–Crippen MR) is 36.3 cm³/mol. The summed E-state index contributed by atoms with van der Waals surface area (Å²) in [5.41, 5.74) is 0. The summed E-state index contributed by atoms with van der Waals surface area (Å²) >= 11 is 3.10. The number of hydrogen-bond acceptors (Lipinski definition) is 0. The first-order valence-corrected chi connectivity index (χ1v) is 2.65. The molecule has 1 rings (SSSR count). The summed E-state index contributed by atoms with van der Waals surface area (Å²) in [6.07, 6.45) is 7.35. The molecule has 0 amide bonds. The third kappa shape index (κ3) is 3.69. The van der Waals surface area contributed by atoms with Crippen molar-refractivity contribution in [1.29, 1.82) is 0 Å². The summed E-state index contributed by atoms with van der Waals surface area (Å²) in [6.45, 7) is 0. The standard InChI is InChI=1S/C5H5.2ClH.Pd/c1-2-4-5-3-1;;;/h1-3H,4H2;2*1H;. The van der Waals surface area contributed by atoms with Gasteiger partial charge < -0.3 is 0 Å². The second-order valence-corrected chi connectivity index (χ2v) is 2.20. The van der Waals surface area contributed by atoms with Crippen LogP contribution < -0.4 is 0 Å². The van der Waals surface area contributed by atoms with Crippen molar-refractivity contribution in [3.05, 3.63) is 22.3 Å². The van der Waals surface area contributed by atoms with Crippen molar-refractivity contribution in [2.24, 2.45) is 0 Å². The number of allylic oxidation sites excluding steroid dienone is 4. The zero-order chi connectivity index (χ0) is 4.41. The van der Waals surface area contributed by atoms with Crippen LogP contribution in [0.1, 0.15) is 6.42 Å². The maximum absolute atomic E-state index is 3.10. The maximum atomic E-state index is 3.10. The molecule has 0 aliphatic heterocycles. The van der Waals surface area contributed by atoms with Crippen LogP contribution in [0.25, 0.3) is 0 Å². The fraction of sp³-hybridized carbons (Fsp3) is 0.200. The van der Waals surface area contributed by atoms with Crippen LogP contribution in [0.2, 0.25) is 0 Å². The SMILES string of the molecule is Cl.Cl.[Pd][C]1=CC=CC1. The van der Waals surface area contributed by atoms with E-state index in [4.69, 9.17) is 0 Å². The Morgan fingerprint density at radius 2 is 2.00 bits per heavy atom. The number of hydrogen-bond donors (Lipinski definition) is 0. The molecule has 0 aromatic heterocycles. The first-order chi connectivity index (χ1) is 2.89. The van der Waals surface area contributed by atoms with Crippen molar-refractivity contribution in [2.75, 3.05) is 0 Å². The zero-order valence-corrected chi connectivity index (χ0v) is 7.26. The van der Waals surface area contributed by atoms with E-state index in [1.165, 1.54) is 4.05 Å². The molecule has 0 aromatic rings. The van der Waals surface area contributed by atoms with Crippen molar-refractivity contribution in [1.82, 2.24) is 0 Å². The van der Waals surface area contributed by atoms with Gasteiger partial charge >= 0.3 is 47.9 Å². The number of halogens is 2. The minimum atomic E-state index is 0. The zero-order valence-electron chi connectivity index (χ0n) is 4.07. The van der Waals surface area contributed by atoms with Crippen LogP contribution in [0.5, 0.6) is 0 Å². The van der Waals surface area contributed by atoms with E-state index < -0.39 is 0 Å². The van der Waals surface area contributed by atoms with Gasteiger partial charge in [-0.3, -0.25) is 0 Å². The Bertz CT molecular complexity index is 107. The molecule has 0 heterocycles. The summed E-state index contributed by atoms with van der Waals surface area (Å²) < 4.78 is 1.32. The molecule has 0 unspecified atom stereocenters. The second kappa shape index (κ2) is 5.85. The summed E-state index contributed by atoms with van der Waals surface area (Å²) in [4.78, 5) is 0. The van der Waals surface area contributed by atoms with Gasteiger partial charge in [-0.05, 0) is 0 Å². The van der Waals surface area contributed by atoms with Crippen molar-refractivity contribution in [2.45, 2.75) is 6.42 Å². The third-order valence-corrected chi connectivity index (χ3v) is 1.28. The first kappa shape index (κ1) is 11.5. The van der Waals surface area contributed by atoms with Crippen LogP contribution in [0.4, 0.5) is 0 Å². The molecule has 0 fully saturated rings. The van der Waals surface area contributed by atoms with Gasteiger partial charge in [0.25, 0.3) is 0 Å². The van der Waals surface area contributed by atoms with Crippen molar-refractivity contribution < 1.29 is 19.2 Å². The Balaban J connectivity index is 0. The molecule has 3 heteroatoms. The van der Waals surface area contributed by atoms with Gasteiger partial charge in [0.05, 0.1) is 0 Å². The summed E-state index contributed by atoms with van der Waals surface area (Å²) in [5, 5.41) is 0. The Labute approximate surface area is 72.6 Å². The van der Waals surface area contributed by atoms with E-state index in [-0.39, 0.29) is 24.8 Å². The molecular formula is C5H7Cl2Pd. The monoisotopic (exact) mass is 243 g/mol. The normalized spacial score (nSPS) is 14.0. The van der Waals surface area contributed by atoms with Gasteiger partial charge in [0.1, 0.15) is 0 Å². The molecule has 0 saturated heterocycles. The molecule has 0 N–H and O–H groups in total. The minimum absolute atomic E-state index is 0. The molecule has 8 heavy (non-hydrogen) atoms. The van der Waals surface area contributed by atoms with E-state index in [0.717, 1.165) is 6.42 Å². The predicted octanol–water partition coefficient (Wildman–Crippen LogP) is 2.22.